The number of hydrogen-bond donors (Lipinski definition) is 2. The van der Waals surface area contributed by atoms with Gasteiger partial charge in [0, 0.05) is 6.07 Å². The van der Waals surface area contributed by atoms with Crippen molar-refractivity contribution in [2.24, 2.45) is 0 Å². The largest absolute Gasteiger partial charge is 0.504 e. The highest BCUT2D eigenvalue weighted by molar-refractivity contribution is 5.98. The lowest BCUT2D eigenvalue weighted by atomic mass is 9.95. The van der Waals surface area contributed by atoms with Gasteiger partial charge in [0.05, 0.1) is 24.7 Å². The predicted molar refractivity (Wildman–Crippen MR) is 91.9 cm³/mol. The zero-order valence-corrected chi connectivity index (χ0v) is 14.1. The van der Waals surface area contributed by atoms with Gasteiger partial charge in [-0.25, -0.2) is 0 Å². The summed E-state index contributed by atoms with van der Waals surface area (Å²) >= 11 is 0. The zero-order chi connectivity index (χ0) is 18.2. The Morgan fingerprint density at radius 1 is 1.31 bits per heavy atom. The second kappa shape index (κ2) is 4.90. The van der Waals surface area contributed by atoms with Crippen molar-refractivity contribution in [3.63, 3.8) is 0 Å². The van der Waals surface area contributed by atoms with Gasteiger partial charge in [0.15, 0.2) is 23.0 Å². The smallest absolute Gasteiger partial charge is 0.204 e. The Hall–Kier alpha value is -2.77. The third-order valence-electron chi connectivity index (χ3n) is 5.12. The van der Waals surface area contributed by atoms with E-state index in [0.717, 1.165) is 0 Å². The molecule has 0 unspecified atom stereocenters. The van der Waals surface area contributed by atoms with E-state index >= 15 is 0 Å². The van der Waals surface area contributed by atoms with Gasteiger partial charge in [-0.2, -0.15) is 0 Å². The number of benzene rings is 2. The van der Waals surface area contributed by atoms with Gasteiger partial charge < -0.3 is 28.8 Å². The van der Waals surface area contributed by atoms with Gasteiger partial charge in [0.25, 0.3) is 0 Å². The van der Waals surface area contributed by atoms with E-state index in [1.54, 1.807) is 25.1 Å². The summed E-state index contributed by atoms with van der Waals surface area (Å²) in [5, 5.41) is 21.1. The van der Waals surface area contributed by atoms with Crippen LogP contribution in [-0.2, 0) is 4.74 Å². The Labute approximate surface area is 147 Å². The third kappa shape index (κ3) is 1.81. The Balaban J connectivity index is 1.92. The molecule has 3 heterocycles. The molecule has 3 atom stereocenters. The number of aliphatic hydroxyl groups is 1. The molecule has 0 saturated carbocycles. The van der Waals surface area contributed by atoms with Crippen LogP contribution in [0, 0.1) is 0 Å². The number of fused-ring (bicyclic) bond motifs is 6. The molecule has 7 heteroatoms. The number of phenolic OH excluding ortho intramolecular Hbond substituents is 1. The van der Waals surface area contributed by atoms with E-state index < -0.39 is 17.8 Å². The minimum absolute atomic E-state index is 0.0914. The second-order valence-corrected chi connectivity index (χ2v) is 6.91. The van der Waals surface area contributed by atoms with Crippen LogP contribution in [0.4, 0.5) is 0 Å². The SMILES string of the molecule is COc1cc2c(c3oc4c(O)cccc4c(=O)c13)[C@@H]1OC[C@@](C)(O)[C@@H]1O2. The maximum absolute atomic E-state index is 13.1. The van der Waals surface area contributed by atoms with Crippen molar-refractivity contribution < 1.29 is 28.8 Å². The molecular formula is C19H16O7. The quantitative estimate of drug-likeness (QED) is 0.645. The minimum Gasteiger partial charge on any atom is -0.504 e. The average Bonchev–Trinajstić information content (AvgIpc) is 3.12. The van der Waals surface area contributed by atoms with E-state index in [0.29, 0.717) is 17.1 Å². The molecule has 7 nitrogen and oxygen atoms in total. The van der Waals surface area contributed by atoms with Crippen LogP contribution in [0.2, 0.25) is 0 Å². The fraction of sp³-hybridized carbons (Fsp3) is 0.316. The van der Waals surface area contributed by atoms with Crippen LogP contribution in [0.15, 0.2) is 33.5 Å². The minimum atomic E-state index is -1.16. The zero-order valence-electron chi connectivity index (χ0n) is 14.1. The number of aromatic hydroxyl groups is 1. The lowest BCUT2D eigenvalue weighted by Crippen LogP contribution is -2.40. The van der Waals surface area contributed by atoms with Gasteiger partial charge in [-0.1, -0.05) is 6.07 Å². The summed E-state index contributed by atoms with van der Waals surface area (Å²) in [4.78, 5) is 13.1. The van der Waals surface area contributed by atoms with Gasteiger partial charge in [-0.05, 0) is 19.1 Å². The van der Waals surface area contributed by atoms with Crippen LogP contribution < -0.4 is 14.9 Å². The summed E-state index contributed by atoms with van der Waals surface area (Å²) in [6.45, 7) is 1.75. The Morgan fingerprint density at radius 2 is 2.12 bits per heavy atom. The Morgan fingerprint density at radius 3 is 2.88 bits per heavy atom. The molecule has 0 radical (unpaired) electrons. The topological polar surface area (TPSA) is 98.4 Å². The Bertz CT molecular complexity index is 1130. The summed E-state index contributed by atoms with van der Waals surface area (Å²) in [5.74, 6) is 0.604. The van der Waals surface area contributed by atoms with Crippen LogP contribution in [0.3, 0.4) is 0 Å². The Kier molecular flexibility index (Phi) is 2.92. The maximum atomic E-state index is 13.1. The first-order chi connectivity index (χ1) is 12.4. The number of ether oxygens (including phenoxy) is 3. The van der Waals surface area contributed by atoms with Crippen molar-refractivity contribution in [3.05, 3.63) is 40.1 Å². The van der Waals surface area contributed by atoms with Crippen LogP contribution in [0.25, 0.3) is 21.9 Å². The highest BCUT2D eigenvalue weighted by Gasteiger charge is 2.54. The standard InChI is InChI=1S/C19H16O7/c1-19(22)7-24-17-13-11(25-18(17)19)6-10(23-2)12-14(21)8-4-3-5-9(20)15(8)26-16(12)13/h3-6,17-18,20,22H,7H2,1-2H3/t17-,18+,19+/m0/s1. The van der Waals surface area contributed by atoms with Gasteiger partial charge in [0.2, 0.25) is 5.43 Å². The molecule has 5 rings (SSSR count). The first-order valence-electron chi connectivity index (χ1n) is 8.22. The van der Waals surface area contributed by atoms with E-state index in [1.807, 2.05) is 0 Å². The first kappa shape index (κ1) is 15.5. The molecule has 1 fully saturated rings. The molecule has 26 heavy (non-hydrogen) atoms. The maximum Gasteiger partial charge on any atom is 0.204 e. The molecule has 2 aromatic carbocycles. The number of phenols is 1. The van der Waals surface area contributed by atoms with Gasteiger partial charge in [0.1, 0.15) is 28.6 Å². The molecule has 0 bridgehead atoms. The molecule has 1 saturated heterocycles. The van der Waals surface area contributed by atoms with Crippen molar-refractivity contribution in [1.29, 1.82) is 0 Å². The van der Waals surface area contributed by atoms with Crippen LogP contribution in [0.5, 0.6) is 17.2 Å². The normalized spacial score (nSPS) is 26.7. The lowest BCUT2D eigenvalue weighted by molar-refractivity contribution is -0.0146. The van der Waals surface area contributed by atoms with Gasteiger partial charge in [-0.15, -0.1) is 0 Å². The molecule has 1 aromatic heterocycles. The number of methoxy groups -OCH3 is 1. The summed E-state index contributed by atoms with van der Waals surface area (Å²) in [7, 11) is 1.45. The first-order valence-corrected chi connectivity index (χ1v) is 8.22. The van der Waals surface area contributed by atoms with E-state index in [2.05, 4.69) is 0 Å². The van der Waals surface area contributed by atoms with Crippen molar-refractivity contribution in [2.75, 3.05) is 13.7 Å². The van der Waals surface area contributed by atoms with Gasteiger partial charge in [-0.3, -0.25) is 4.79 Å². The summed E-state index contributed by atoms with van der Waals surface area (Å²) in [5.41, 5.74) is -0.601. The number of rotatable bonds is 1. The highest BCUT2D eigenvalue weighted by atomic mass is 16.6. The number of para-hydroxylation sites is 1. The van der Waals surface area contributed by atoms with Crippen LogP contribution in [-0.4, -0.2) is 35.6 Å². The second-order valence-electron chi connectivity index (χ2n) is 6.91. The predicted octanol–water partition coefficient (Wildman–Crippen LogP) is 2.24. The summed E-state index contributed by atoms with van der Waals surface area (Å²) in [6, 6.07) is 6.23. The fourth-order valence-electron chi connectivity index (χ4n) is 3.84. The molecule has 3 aromatic rings. The molecule has 0 amide bonds. The fourth-order valence-corrected chi connectivity index (χ4v) is 3.84. The molecule has 0 spiro atoms. The van der Waals surface area contributed by atoms with E-state index in [9.17, 15) is 15.0 Å². The molecular weight excluding hydrogens is 340 g/mol. The molecule has 2 aliphatic rings. The third-order valence-corrected chi connectivity index (χ3v) is 5.12. The molecule has 134 valence electrons. The molecule has 2 aliphatic heterocycles. The van der Waals surface area contributed by atoms with Gasteiger partial charge >= 0.3 is 0 Å². The number of hydrogen-bond acceptors (Lipinski definition) is 7. The van der Waals surface area contributed by atoms with Crippen molar-refractivity contribution in [3.8, 4) is 17.2 Å². The van der Waals surface area contributed by atoms with Crippen LogP contribution in [0.1, 0.15) is 18.6 Å². The summed E-state index contributed by atoms with van der Waals surface area (Å²) in [6.07, 6.45) is -1.18. The average molecular weight is 356 g/mol. The highest BCUT2D eigenvalue weighted by Crippen LogP contribution is 2.52. The van der Waals surface area contributed by atoms with Crippen molar-refractivity contribution in [1.82, 2.24) is 0 Å². The van der Waals surface area contributed by atoms with Crippen molar-refractivity contribution >= 4 is 21.9 Å². The molecule has 2 N–H and O–H groups in total. The van der Waals surface area contributed by atoms with E-state index in [-0.39, 0.29) is 39.7 Å². The lowest BCUT2D eigenvalue weighted by Gasteiger charge is -2.21. The monoisotopic (exact) mass is 356 g/mol. The molecule has 0 aliphatic carbocycles. The van der Waals surface area contributed by atoms with E-state index in [4.69, 9.17) is 18.6 Å². The van der Waals surface area contributed by atoms with Crippen molar-refractivity contribution in [2.45, 2.75) is 24.7 Å². The van der Waals surface area contributed by atoms with Crippen LogP contribution >= 0.6 is 0 Å². The van der Waals surface area contributed by atoms with E-state index in [1.165, 1.54) is 13.2 Å². The summed E-state index contributed by atoms with van der Waals surface area (Å²) < 4.78 is 23.0.